The summed E-state index contributed by atoms with van der Waals surface area (Å²) in [6, 6.07) is 3.79. The molecule has 3 N–H and O–H groups in total. The molecular formula is C14H17FN2O4. The lowest BCUT2D eigenvalue weighted by molar-refractivity contribution is -0.141. The summed E-state index contributed by atoms with van der Waals surface area (Å²) in [4.78, 5) is 24.1. The summed E-state index contributed by atoms with van der Waals surface area (Å²) < 4.78 is 13.3. The predicted octanol–water partition coefficient (Wildman–Crippen LogP) is 1.12. The Morgan fingerprint density at radius 3 is 2.86 bits per heavy atom. The molecule has 1 atom stereocenters. The number of fused-ring (bicyclic) bond motifs is 1. The van der Waals surface area contributed by atoms with Gasteiger partial charge in [-0.05, 0) is 31.0 Å². The number of carboxylic acids is 1. The van der Waals surface area contributed by atoms with Crippen molar-refractivity contribution in [2.45, 2.75) is 25.4 Å². The number of nitrogens with one attached hydrogen (secondary N) is 1. The van der Waals surface area contributed by atoms with Gasteiger partial charge in [-0.2, -0.15) is 0 Å². The lowest BCUT2D eigenvalue weighted by Crippen LogP contribution is -2.47. The van der Waals surface area contributed by atoms with E-state index in [2.05, 4.69) is 5.32 Å². The van der Waals surface area contributed by atoms with Crippen LogP contribution in [0.3, 0.4) is 0 Å². The minimum atomic E-state index is -1.54. The van der Waals surface area contributed by atoms with E-state index >= 15 is 0 Å². The molecule has 1 aliphatic heterocycles. The average molecular weight is 296 g/mol. The Hall–Kier alpha value is -2.15. The zero-order valence-corrected chi connectivity index (χ0v) is 11.6. The molecule has 0 saturated carbocycles. The molecule has 7 heteroatoms. The van der Waals surface area contributed by atoms with E-state index in [4.69, 9.17) is 5.11 Å². The second kappa shape index (κ2) is 5.69. The molecular weight excluding hydrogens is 279 g/mol. The van der Waals surface area contributed by atoms with Crippen LogP contribution >= 0.6 is 0 Å². The topological polar surface area (TPSA) is 89.9 Å². The molecule has 21 heavy (non-hydrogen) atoms. The number of hydrogen-bond acceptors (Lipinski definition) is 3. The van der Waals surface area contributed by atoms with Gasteiger partial charge in [0.2, 0.25) is 0 Å². The smallest absolute Gasteiger partial charge is 0.321 e. The van der Waals surface area contributed by atoms with Crippen molar-refractivity contribution in [3.8, 4) is 0 Å². The Bertz CT molecular complexity index is 574. The minimum Gasteiger partial charge on any atom is -0.481 e. The Morgan fingerprint density at radius 1 is 1.48 bits per heavy atom. The zero-order chi connectivity index (χ0) is 15.6. The van der Waals surface area contributed by atoms with Crippen molar-refractivity contribution in [3.63, 3.8) is 0 Å². The normalized spacial score (nSPS) is 16.2. The molecule has 1 heterocycles. The van der Waals surface area contributed by atoms with E-state index in [1.807, 2.05) is 0 Å². The van der Waals surface area contributed by atoms with Gasteiger partial charge in [-0.3, -0.25) is 9.69 Å². The number of nitrogens with zero attached hydrogens (tertiary/aromatic N) is 1. The van der Waals surface area contributed by atoms with Crippen molar-refractivity contribution in [3.05, 3.63) is 29.6 Å². The molecule has 114 valence electrons. The fourth-order valence-corrected chi connectivity index (χ4v) is 2.31. The van der Waals surface area contributed by atoms with E-state index in [1.54, 1.807) is 6.07 Å². The third kappa shape index (κ3) is 3.69. The van der Waals surface area contributed by atoms with Gasteiger partial charge in [0.25, 0.3) is 0 Å². The first-order valence-corrected chi connectivity index (χ1v) is 6.56. The molecule has 0 fully saturated rings. The summed E-state index contributed by atoms with van der Waals surface area (Å²) in [6.07, 6.45) is 0.160. The summed E-state index contributed by atoms with van der Waals surface area (Å²) in [6.45, 7) is 1.56. The first-order chi connectivity index (χ1) is 9.78. The summed E-state index contributed by atoms with van der Waals surface area (Å²) in [5.41, 5.74) is -0.152. The standard InChI is InChI=1S/C14H17FN2O4/c1-14(21,7-12(18)19)8-16-13(20)17-5-4-9-2-3-10(15)6-11(9)17/h2-3,6,21H,4-5,7-8H2,1H3,(H,16,20)(H,18,19). The third-order valence-corrected chi connectivity index (χ3v) is 3.34. The lowest BCUT2D eigenvalue weighted by Gasteiger charge is -2.24. The quantitative estimate of drug-likeness (QED) is 0.777. The highest BCUT2D eigenvalue weighted by Crippen LogP contribution is 2.28. The highest BCUT2D eigenvalue weighted by Gasteiger charge is 2.29. The van der Waals surface area contributed by atoms with Crippen molar-refractivity contribution >= 4 is 17.7 Å². The molecule has 2 amide bonds. The van der Waals surface area contributed by atoms with Gasteiger partial charge in [0.05, 0.1) is 17.7 Å². The molecule has 1 unspecified atom stereocenters. The van der Waals surface area contributed by atoms with Crippen LogP contribution in [0, 0.1) is 5.82 Å². The largest absolute Gasteiger partial charge is 0.481 e. The second-order valence-electron chi connectivity index (χ2n) is 5.40. The van der Waals surface area contributed by atoms with E-state index in [-0.39, 0.29) is 6.54 Å². The van der Waals surface area contributed by atoms with Crippen LogP contribution in [0.4, 0.5) is 14.9 Å². The highest BCUT2D eigenvalue weighted by molar-refractivity contribution is 5.94. The number of benzene rings is 1. The van der Waals surface area contributed by atoms with Crippen LogP contribution in [-0.2, 0) is 11.2 Å². The number of anilines is 1. The summed E-state index contributed by atoms with van der Waals surface area (Å²) in [5, 5.41) is 21.0. The van der Waals surface area contributed by atoms with Crippen molar-refractivity contribution in [1.29, 1.82) is 0 Å². The molecule has 1 aliphatic rings. The van der Waals surface area contributed by atoms with Gasteiger partial charge in [-0.25, -0.2) is 9.18 Å². The van der Waals surface area contributed by atoms with Gasteiger partial charge >= 0.3 is 12.0 Å². The first kappa shape index (κ1) is 15.2. The molecule has 0 aliphatic carbocycles. The number of carbonyl (C=O) groups is 2. The highest BCUT2D eigenvalue weighted by atomic mass is 19.1. The number of carboxylic acid groups (broad SMARTS) is 1. The zero-order valence-electron chi connectivity index (χ0n) is 11.6. The van der Waals surface area contributed by atoms with Crippen LogP contribution in [0.2, 0.25) is 0 Å². The van der Waals surface area contributed by atoms with Gasteiger partial charge in [-0.15, -0.1) is 0 Å². The van der Waals surface area contributed by atoms with Gasteiger partial charge in [-0.1, -0.05) is 6.07 Å². The molecule has 1 aromatic carbocycles. The first-order valence-electron chi connectivity index (χ1n) is 6.56. The van der Waals surface area contributed by atoms with Gasteiger partial charge in [0, 0.05) is 13.1 Å². The summed E-state index contributed by atoms with van der Waals surface area (Å²) in [7, 11) is 0. The molecule has 1 aromatic rings. The van der Waals surface area contributed by atoms with Crippen LogP contribution in [0.5, 0.6) is 0 Å². The maximum absolute atomic E-state index is 13.3. The number of amides is 2. The van der Waals surface area contributed by atoms with E-state index in [1.165, 1.54) is 24.0 Å². The molecule has 0 bridgehead atoms. The van der Waals surface area contributed by atoms with Crippen LogP contribution in [-0.4, -0.2) is 40.9 Å². The Kier molecular flexibility index (Phi) is 4.13. The van der Waals surface area contributed by atoms with Crippen LogP contribution in [0.25, 0.3) is 0 Å². The van der Waals surface area contributed by atoms with Gasteiger partial charge in [0.1, 0.15) is 5.82 Å². The minimum absolute atomic E-state index is 0.195. The third-order valence-electron chi connectivity index (χ3n) is 3.34. The Morgan fingerprint density at radius 2 is 2.19 bits per heavy atom. The van der Waals surface area contributed by atoms with Crippen molar-refractivity contribution in [2.75, 3.05) is 18.0 Å². The number of rotatable bonds is 4. The molecule has 0 spiro atoms. The lowest BCUT2D eigenvalue weighted by atomic mass is 10.0. The van der Waals surface area contributed by atoms with E-state index in [9.17, 15) is 19.1 Å². The second-order valence-corrected chi connectivity index (χ2v) is 5.40. The number of carbonyl (C=O) groups excluding carboxylic acids is 1. The molecule has 0 radical (unpaired) electrons. The van der Waals surface area contributed by atoms with Gasteiger partial charge in [0.15, 0.2) is 0 Å². The monoisotopic (exact) mass is 296 g/mol. The Labute approximate surface area is 121 Å². The van der Waals surface area contributed by atoms with Crippen molar-refractivity contribution < 1.29 is 24.2 Å². The fraction of sp³-hybridized carbons (Fsp3) is 0.429. The maximum Gasteiger partial charge on any atom is 0.321 e. The number of halogens is 1. The number of aliphatic carboxylic acids is 1. The SMILES string of the molecule is CC(O)(CNC(=O)N1CCc2ccc(F)cc21)CC(=O)O. The molecule has 0 aromatic heterocycles. The predicted molar refractivity (Wildman–Crippen MR) is 73.7 cm³/mol. The molecule has 6 nitrogen and oxygen atoms in total. The van der Waals surface area contributed by atoms with Crippen LogP contribution < -0.4 is 10.2 Å². The van der Waals surface area contributed by atoms with Crippen molar-refractivity contribution in [2.24, 2.45) is 0 Å². The van der Waals surface area contributed by atoms with E-state index in [0.29, 0.717) is 18.7 Å². The average Bonchev–Trinajstić information content (AvgIpc) is 2.77. The number of hydrogen-bond donors (Lipinski definition) is 3. The maximum atomic E-state index is 13.3. The van der Waals surface area contributed by atoms with Gasteiger partial charge < -0.3 is 15.5 Å². The van der Waals surface area contributed by atoms with Crippen LogP contribution in [0.15, 0.2) is 18.2 Å². The Balaban J connectivity index is 2.00. The van der Waals surface area contributed by atoms with E-state index < -0.39 is 29.8 Å². The van der Waals surface area contributed by atoms with E-state index in [0.717, 1.165) is 5.56 Å². The fourth-order valence-electron chi connectivity index (χ4n) is 2.31. The number of urea groups is 1. The number of aliphatic hydroxyl groups is 1. The van der Waals surface area contributed by atoms with Crippen LogP contribution in [0.1, 0.15) is 18.9 Å². The molecule has 0 saturated heterocycles. The summed E-state index contributed by atoms with van der Waals surface area (Å²) in [5.74, 6) is -1.57. The van der Waals surface area contributed by atoms with Crippen molar-refractivity contribution in [1.82, 2.24) is 5.32 Å². The molecule has 2 rings (SSSR count). The summed E-state index contributed by atoms with van der Waals surface area (Å²) >= 11 is 0.